The molecule has 168 valence electrons. The molecular weight excluding hydrogens is 421 g/mol. The van der Waals surface area contributed by atoms with Crippen molar-refractivity contribution in [3.05, 3.63) is 60.2 Å². The van der Waals surface area contributed by atoms with Crippen molar-refractivity contribution in [1.29, 1.82) is 0 Å². The number of anilines is 2. The summed E-state index contributed by atoms with van der Waals surface area (Å²) in [6.45, 7) is 0.242. The zero-order valence-electron chi connectivity index (χ0n) is 17.2. The number of halogens is 3. The summed E-state index contributed by atoms with van der Waals surface area (Å²) in [7, 11) is 0. The number of aliphatic hydroxyl groups is 1. The molecule has 1 saturated carbocycles. The number of aliphatic hydroxyl groups excluding tert-OH is 1. The second kappa shape index (κ2) is 9.47. The lowest BCUT2D eigenvalue weighted by atomic mass is 9.93. The first-order valence-electron chi connectivity index (χ1n) is 10.4. The fourth-order valence-electron chi connectivity index (χ4n) is 3.72. The zero-order valence-corrected chi connectivity index (χ0v) is 17.2. The Morgan fingerprint density at radius 1 is 1.00 bits per heavy atom. The van der Waals surface area contributed by atoms with Crippen LogP contribution < -0.4 is 10.6 Å². The third-order valence-electron chi connectivity index (χ3n) is 5.40. The van der Waals surface area contributed by atoms with Crippen LogP contribution in [0.15, 0.2) is 49.1 Å². The predicted molar refractivity (Wildman–Crippen MR) is 114 cm³/mol. The summed E-state index contributed by atoms with van der Waals surface area (Å²) >= 11 is 0. The summed E-state index contributed by atoms with van der Waals surface area (Å²) in [5.41, 5.74) is 1.47. The summed E-state index contributed by atoms with van der Waals surface area (Å²) < 4.78 is 40.5. The summed E-state index contributed by atoms with van der Waals surface area (Å²) in [4.78, 5) is 16.4. The Balaban J connectivity index is 1.54. The maximum atomic E-state index is 13.5. The third-order valence-corrected chi connectivity index (χ3v) is 5.40. The molecule has 0 bridgehead atoms. The predicted octanol–water partition coefficient (Wildman–Crippen LogP) is 4.28. The maximum Gasteiger partial charge on any atom is 0.421 e. The minimum Gasteiger partial charge on any atom is -0.393 e. The monoisotopic (exact) mass is 444 g/mol. The van der Waals surface area contributed by atoms with Gasteiger partial charge in [-0.05, 0) is 25.7 Å². The van der Waals surface area contributed by atoms with Crippen LogP contribution in [-0.2, 0) is 12.7 Å². The molecule has 1 aliphatic rings. The van der Waals surface area contributed by atoms with Crippen molar-refractivity contribution in [2.75, 3.05) is 10.6 Å². The van der Waals surface area contributed by atoms with Crippen LogP contribution in [0.25, 0.3) is 11.3 Å². The second-order valence-electron chi connectivity index (χ2n) is 7.72. The number of benzene rings is 1. The minimum atomic E-state index is -4.58. The Labute approximate surface area is 183 Å². The molecule has 3 aromatic rings. The highest BCUT2D eigenvalue weighted by Crippen LogP contribution is 2.35. The minimum absolute atomic E-state index is 0.0687. The summed E-state index contributed by atoms with van der Waals surface area (Å²) in [5.74, 6) is -0.191. The van der Waals surface area contributed by atoms with E-state index in [4.69, 9.17) is 0 Å². The van der Waals surface area contributed by atoms with Crippen LogP contribution in [0.1, 0.15) is 36.8 Å². The zero-order chi connectivity index (χ0) is 22.6. The van der Waals surface area contributed by atoms with E-state index < -0.39 is 17.8 Å². The maximum absolute atomic E-state index is 13.5. The van der Waals surface area contributed by atoms with Crippen molar-refractivity contribution >= 4 is 11.8 Å². The highest BCUT2D eigenvalue weighted by Gasteiger charge is 2.36. The Morgan fingerprint density at radius 2 is 1.75 bits per heavy atom. The summed E-state index contributed by atoms with van der Waals surface area (Å²) in [5, 5.41) is 15.5. The summed E-state index contributed by atoms with van der Waals surface area (Å²) in [6, 6.07) is 9.36. The average Bonchev–Trinajstić information content (AvgIpc) is 2.79. The van der Waals surface area contributed by atoms with Crippen molar-refractivity contribution in [2.45, 2.75) is 50.6 Å². The molecule has 4 rings (SSSR count). The topological polar surface area (TPSA) is 95.8 Å². The highest BCUT2D eigenvalue weighted by atomic mass is 19.4. The molecule has 1 fully saturated rings. The van der Waals surface area contributed by atoms with Crippen molar-refractivity contribution in [2.24, 2.45) is 0 Å². The van der Waals surface area contributed by atoms with E-state index in [1.165, 1.54) is 6.33 Å². The quantitative estimate of drug-likeness (QED) is 0.522. The van der Waals surface area contributed by atoms with Gasteiger partial charge in [-0.25, -0.2) is 15.0 Å². The van der Waals surface area contributed by atoms with Gasteiger partial charge in [0.2, 0.25) is 5.95 Å². The second-order valence-corrected chi connectivity index (χ2v) is 7.72. The van der Waals surface area contributed by atoms with Crippen molar-refractivity contribution in [3.63, 3.8) is 0 Å². The number of nitrogens with one attached hydrogen (secondary N) is 2. The lowest BCUT2D eigenvalue weighted by Gasteiger charge is -2.27. The Bertz CT molecular complexity index is 1040. The molecule has 2 heterocycles. The molecule has 0 amide bonds. The van der Waals surface area contributed by atoms with E-state index in [0.717, 1.165) is 23.0 Å². The van der Waals surface area contributed by atoms with Gasteiger partial charge < -0.3 is 15.7 Å². The van der Waals surface area contributed by atoms with Crippen LogP contribution >= 0.6 is 0 Å². The molecule has 10 heteroatoms. The number of aromatic nitrogens is 4. The van der Waals surface area contributed by atoms with Crippen LogP contribution in [0.4, 0.5) is 24.9 Å². The molecular formula is C22H23F3N6O. The molecule has 32 heavy (non-hydrogen) atoms. The standard InChI is InChI=1S/C22H23F3N6O/c23-22(24,25)18-12-28-21(31-20(18)30-16-6-8-17(32)9-7-16)27-11-15-10-26-13-29-19(15)14-4-2-1-3-5-14/h1-5,10,12-13,16-17,32H,6-9,11H2,(H2,27,28,30,31). The van der Waals surface area contributed by atoms with Crippen LogP contribution in [0, 0.1) is 0 Å². The molecule has 0 saturated heterocycles. The summed E-state index contributed by atoms with van der Waals surface area (Å²) in [6.07, 6.45) is 1.15. The molecule has 0 atom stereocenters. The van der Waals surface area contributed by atoms with E-state index in [0.29, 0.717) is 25.7 Å². The molecule has 2 aromatic heterocycles. The largest absolute Gasteiger partial charge is 0.421 e. The Morgan fingerprint density at radius 3 is 2.47 bits per heavy atom. The van der Waals surface area contributed by atoms with Gasteiger partial charge in [0.05, 0.1) is 11.8 Å². The molecule has 1 aromatic carbocycles. The van der Waals surface area contributed by atoms with E-state index >= 15 is 0 Å². The van der Waals surface area contributed by atoms with E-state index in [1.807, 2.05) is 30.3 Å². The SMILES string of the molecule is OC1CCC(Nc2nc(NCc3cncnc3-c3ccccc3)ncc2C(F)(F)F)CC1. The molecule has 1 aliphatic carbocycles. The number of alkyl halides is 3. The molecule has 0 spiro atoms. The van der Waals surface area contributed by atoms with Crippen molar-refractivity contribution in [3.8, 4) is 11.3 Å². The number of hydrogen-bond donors (Lipinski definition) is 3. The van der Waals surface area contributed by atoms with Gasteiger partial charge in [0.1, 0.15) is 17.7 Å². The van der Waals surface area contributed by atoms with E-state index in [1.54, 1.807) is 6.20 Å². The highest BCUT2D eigenvalue weighted by molar-refractivity contribution is 5.62. The first-order valence-corrected chi connectivity index (χ1v) is 10.4. The third kappa shape index (κ3) is 5.31. The smallest absolute Gasteiger partial charge is 0.393 e. The van der Waals surface area contributed by atoms with E-state index in [2.05, 4.69) is 30.6 Å². The van der Waals surface area contributed by atoms with Crippen molar-refractivity contribution in [1.82, 2.24) is 19.9 Å². The number of nitrogens with zero attached hydrogens (tertiary/aromatic N) is 4. The van der Waals surface area contributed by atoms with E-state index in [-0.39, 0.29) is 24.4 Å². The fourth-order valence-corrected chi connectivity index (χ4v) is 3.72. The first-order chi connectivity index (χ1) is 15.4. The first kappa shape index (κ1) is 21.9. The normalized spacial score (nSPS) is 18.9. The van der Waals surface area contributed by atoms with Crippen LogP contribution in [0.3, 0.4) is 0 Å². The average molecular weight is 444 g/mol. The molecule has 7 nitrogen and oxygen atoms in total. The lowest BCUT2D eigenvalue weighted by Crippen LogP contribution is -2.30. The number of hydrogen-bond acceptors (Lipinski definition) is 7. The van der Waals surface area contributed by atoms with Crippen LogP contribution in [-0.4, -0.2) is 37.2 Å². The van der Waals surface area contributed by atoms with Gasteiger partial charge >= 0.3 is 6.18 Å². The van der Waals surface area contributed by atoms with Gasteiger partial charge in [-0.15, -0.1) is 0 Å². The Hall–Kier alpha value is -3.27. The van der Waals surface area contributed by atoms with Gasteiger partial charge in [-0.3, -0.25) is 0 Å². The molecule has 3 N–H and O–H groups in total. The van der Waals surface area contributed by atoms with Crippen LogP contribution in [0.2, 0.25) is 0 Å². The van der Waals surface area contributed by atoms with Gasteiger partial charge in [-0.1, -0.05) is 30.3 Å². The van der Waals surface area contributed by atoms with Gasteiger partial charge in [0.25, 0.3) is 0 Å². The number of rotatable bonds is 6. The lowest BCUT2D eigenvalue weighted by molar-refractivity contribution is -0.137. The van der Waals surface area contributed by atoms with Crippen molar-refractivity contribution < 1.29 is 18.3 Å². The van der Waals surface area contributed by atoms with Crippen LogP contribution in [0.5, 0.6) is 0 Å². The fraction of sp³-hybridized carbons (Fsp3) is 0.364. The van der Waals surface area contributed by atoms with E-state index in [9.17, 15) is 18.3 Å². The molecule has 0 radical (unpaired) electrons. The van der Waals surface area contributed by atoms with Gasteiger partial charge in [0.15, 0.2) is 0 Å². The Kier molecular flexibility index (Phi) is 6.50. The molecule has 0 unspecified atom stereocenters. The molecule has 0 aliphatic heterocycles. The van der Waals surface area contributed by atoms with Gasteiger partial charge in [-0.2, -0.15) is 18.2 Å². The van der Waals surface area contributed by atoms with Gasteiger partial charge in [0, 0.05) is 36.1 Å².